The molecule has 1 aromatic carbocycles. The van der Waals surface area contributed by atoms with Crippen LogP contribution in [0.3, 0.4) is 0 Å². The summed E-state index contributed by atoms with van der Waals surface area (Å²) in [7, 11) is 0. The lowest BCUT2D eigenvalue weighted by Gasteiger charge is -2.22. The van der Waals surface area contributed by atoms with Gasteiger partial charge >= 0.3 is 5.97 Å². The third-order valence-electron chi connectivity index (χ3n) is 5.13. The molecule has 0 saturated heterocycles. The number of nitrogen functional groups attached to an aromatic ring is 1. The first kappa shape index (κ1) is 28.0. The summed E-state index contributed by atoms with van der Waals surface area (Å²) in [6.45, 7) is 7.69. The van der Waals surface area contributed by atoms with Crippen molar-refractivity contribution in [3.05, 3.63) is 41.7 Å². The van der Waals surface area contributed by atoms with Crippen LogP contribution >= 0.6 is 0 Å². The summed E-state index contributed by atoms with van der Waals surface area (Å²) in [5.41, 5.74) is 6.97. The van der Waals surface area contributed by atoms with Crippen LogP contribution in [0.5, 0.6) is 5.88 Å². The van der Waals surface area contributed by atoms with Crippen LogP contribution < -0.4 is 21.7 Å². The number of anilines is 2. The van der Waals surface area contributed by atoms with Crippen LogP contribution in [0, 0.1) is 0 Å². The smallest absolute Gasteiger partial charge is 0.328 e. The number of aromatic hydroxyl groups is 1. The SMILES string of the molecule is CCOC(=O)[C@H](CCC(=O)NC(C)(C)C)NC(=O)c1ccc(NCc2cnc3nc(N)nc(O)c3n2)cc1. The van der Waals surface area contributed by atoms with Gasteiger partial charge in [-0.25, -0.2) is 14.8 Å². The minimum atomic E-state index is -0.965. The van der Waals surface area contributed by atoms with E-state index < -0.39 is 23.5 Å². The second-order valence-electron chi connectivity index (χ2n) is 9.48. The molecule has 0 unspecified atom stereocenters. The second-order valence-corrected chi connectivity index (χ2v) is 9.48. The van der Waals surface area contributed by atoms with Crippen molar-refractivity contribution in [3.8, 4) is 5.88 Å². The van der Waals surface area contributed by atoms with Gasteiger partial charge in [-0.3, -0.25) is 9.59 Å². The fraction of sp³-hybridized carbons (Fsp3) is 0.400. The molecule has 2 heterocycles. The molecular formula is C25H32N8O5. The van der Waals surface area contributed by atoms with E-state index in [0.29, 0.717) is 16.9 Å². The minimum Gasteiger partial charge on any atom is -0.492 e. The first-order valence-electron chi connectivity index (χ1n) is 12.1. The average molecular weight is 525 g/mol. The zero-order valence-corrected chi connectivity index (χ0v) is 21.7. The number of fused-ring (bicyclic) bond motifs is 1. The fourth-order valence-corrected chi connectivity index (χ4v) is 3.45. The Morgan fingerprint density at radius 3 is 2.47 bits per heavy atom. The molecule has 0 aliphatic heterocycles. The average Bonchev–Trinajstić information content (AvgIpc) is 2.84. The van der Waals surface area contributed by atoms with Crippen molar-refractivity contribution < 1.29 is 24.2 Å². The van der Waals surface area contributed by atoms with Gasteiger partial charge in [-0.1, -0.05) is 0 Å². The number of nitrogens with one attached hydrogen (secondary N) is 3. The predicted octanol–water partition coefficient (Wildman–Crippen LogP) is 1.68. The normalized spacial score (nSPS) is 12.0. The van der Waals surface area contributed by atoms with Gasteiger partial charge in [0.15, 0.2) is 11.2 Å². The number of benzene rings is 1. The third-order valence-corrected chi connectivity index (χ3v) is 5.13. The third kappa shape index (κ3) is 7.98. The molecule has 202 valence electrons. The first-order valence-corrected chi connectivity index (χ1v) is 12.1. The van der Waals surface area contributed by atoms with E-state index in [-0.39, 0.29) is 54.9 Å². The lowest BCUT2D eigenvalue weighted by molar-refractivity contribution is -0.145. The summed E-state index contributed by atoms with van der Waals surface area (Å²) in [5, 5.41) is 18.6. The lowest BCUT2D eigenvalue weighted by Crippen LogP contribution is -2.44. The van der Waals surface area contributed by atoms with Crippen molar-refractivity contribution in [1.82, 2.24) is 30.6 Å². The van der Waals surface area contributed by atoms with Crippen molar-refractivity contribution in [1.29, 1.82) is 0 Å². The number of amides is 2. The van der Waals surface area contributed by atoms with E-state index in [1.165, 1.54) is 6.20 Å². The highest BCUT2D eigenvalue weighted by atomic mass is 16.5. The maximum atomic E-state index is 12.8. The van der Waals surface area contributed by atoms with Crippen LogP contribution in [0.1, 0.15) is 56.6 Å². The molecule has 6 N–H and O–H groups in total. The molecule has 0 spiro atoms. The molecule has 13 heteroatoms. The van der Waals surface area contributed by atoms with E-state index in [0.717, 1.165) is 0 Å². The standard InChI is InChI=1S/C25H32N8O5/c1-5-38-23(37)17(10-11-18(34)33-25(2,3)4)30-21(35)14-6-8-15(9-7-14)27-12-16-13-28-20-19(29-16)22(36)32-24(26)31-20/h6-9,13,17,27H,5,10-12H2,1-4H3,(H,30,35)(H,33,34)(H3,26,28,31,32,36)/t17-/m0/s1. The van der Waals surface area contributed by atoms with Gasteiger partial charge in [0.05, 0.1) is 25.0 Å². The van der Waals surface area contributed by atoms with Crippen LogP contribution in [0.2, 0.25) is 0 Å². The topological polar surface area (TPSA) is 194 Å². The monoisotopic (exact) mass is 524 g/mol. The van der Waals surface area contributed by atoms with Crippen LogP contribution in [-0.4, -0.2) is 61.0 Å². The number of hydrogen-bond donors (Lipinski definition) is 5. The number of nitrogens with zero attached hydrogens (tertiary/aromatic N) is 4. The van der Waals surface area contributed by atoms with Crippen molar-refractivity contribution in [2.24, 2.45) is 0 Å². The van der Waals surface area contributed by atoms with Gasteiger partial charge in [-0.05, 0) is 58.4 Å². The minimum absolute atomic E-state index is 0.0544. The lowest BCUT2D eigenvalue weighted by atomic mass is 10.1. The largest absolute Gasteiger partial charge is 0.492 e. The highest BCUT2D eigenvalue weighted by Gasteiger charge is 2.24. The zero-order chi connectivity index (χ0) is 27.9. The number of hydrogen-bond acceptors (Lipinski definition) is 11. The summed E-state index contributed by atoms with van der Waals surface area (Å²) in [5.74, 6) is -1.74. The molecule has 3 rings (SSSR count). The van der Waals surface area contributed by atoms with Crippen LogP contribution in [0.4, 0.5) is 11.6 Å². The van der Waals surface area contributed by atoms with Gasteiger partial charge in [0.1, 0.15) is 6.04 Å². The maximum absolute atomic E-state index is 12.8. The highest BCUT2D eigenvalue weighted by molar-refractivity contribution is 5.97. The van der Waals surface area contributed by atoms with E-state index in [1.54, 1.807) is 31.2 Å². The summed E-state index contributed by atoms with van der Waals surface area (Å²) in [6.07, 6.45) is 1.66. The van der Waals surface area contributed by atoms with Crippen LogP contribution in [0.25, 0.3) is 11.2 Å². The molecule has 0 fully saturated rings. The number of carbonyl (C=O) groups is 3. The van der Waals surface area contributed by atoms with Crippen LogP contribution in [-0.2, 0) is 20.9 Å². The number of aromatic nitrogens is 4. The summed E-state index contributed by atoms with van der Waals surface area (Å²) in [6, 6.07) is 5.62. The molecule has 0 radical (unpaired) electrons. The molecule has 0 saturated carbocycles. The van der Waals surface area contributed by atoms with Gasteiger partial charge in [-0.15, -0.1) is 0 Å². The molecule has 1 atom stereocenters. The van der Waals surface area contributed by atoms with E-state index in [1.807, 2.05) is 20.8 Å². The summed E-state index contributed by atoms with van der Waals surface area (Å²) in [4.78, 5) is 53.4. The molecule has 3 aromatic rings. The number of ether oxygens (including phenoxy) is 1. The fourth-order valence-electron chi connectivity index (χ4n) is 3.45. The summed E-state index contributed by atoms with van der Waals surface area (Å²) < 4.78 is 5.07. The number of rotatable bonds is 10. The first-order chi connectivity index (χ1) is 17.9. The number of nitrogens with two attached hydrogens (primary N) is 1. The molecule has 38 heavy (non-hydrogen) atoms. The van der Waals surface area contributed by atoms with Gasteiger partial charge in [0.2, 0.25) is 17.7 Å². The maximum Gasteiger partial charge on any atom is 0.328 e. The van der Waals surface area contributed by atoms with Crippen molar-refractivity contribution >= 4 is 40.6 Å². The molecule has 0 aliphatic rings. The number of esters is 1. The summed E-state index contributed by atoms with van der Waals surface area (Å²) >= 11 is 0. The van der Waals surface area contributed by atoms with Crippen LogP contribution in [0.15, 0.2) is 30.5 Å². The Morgan fingerprint density at radius 1 is 1.11 bits per heavy atom. The Hall–Kier alpha value is -4.55. The van der Waals surface area contributed by atoms with Gasteiger partial charge in [0.25, 0.3) is 5.91 Å². The van der Waals surface area contributed by atoms with Crippen molar-refractivity contribution in [3.63, 3.8) is 0 Å². The highest BCUT2D eigenvalue weighted by Crippen LogP contribution is 2.19. The van der Waals surface area contributed by atoms with Crippen molar-refractivity contribution in [2.45, 2.75) is 58.7 Å². The van der Waals surface area contributed by atoms with Gasteiger partial charge in [-0.2, -0.15) is 9.97 Å². The molecule has 0 bridgehead atoms. The molecular weight excluding hydrogens is 492 g/mol. The quantitative estimate of drug-likeness (QED) is 0.242. The van der Waals surface area contributed by atoms with E-state index in [9.17, 15) is 19.5 Å². The Bertz CT molecular complexity index is 1310. The Balaban J connectivity index is 1.60. The molecule has 2 amide bonds. The Kier molecular flexibility index (Phi) is 8.94. The molecule has 0 aliphatic carbocycles. The Morgan fingerprint density at radius 2 is 1.82 bits per heavy atom. The van der Waals surface area contributed by atoms with E-state index in [2.05, 4.69) is 35.9 Å². The van der Waals surface area contributed by atoms with Crippen molar-refractivity contribution in [2.75, 3.05) is 17.7 Å². The van der Waals surface area contributed by atoms with E-state index >= 15 is 0 Å². The molecule has 13 nitrogen and oxygen atoms in total. The van der Waals surface area contributed by atoms with Gasteiger partial charge in [0, 0.05) is 23.2 Å². The number of carbonyl (C=O) groups excluding carboxylic acids is 3. The predicted molar refractivity (Wildman–Crippen MR) is 140 cm³/mol. The van der Waals surface area contributed by atoms with Gasteiger partial charge < -0.3 is 31.5 Å². The Labute approximate surface area is 219 Å². The second kappa shape index (κ2) is 12.1. The molecule has 2 aromatic heterocycles. The zero-order valence-electron chi connectivity index (χ0n) is 21.7. The van der Waals surface area contributed by atoms with E-state index in [4.69, 9.17) is 10.5 Å².